The lowest BCUT2D eigenvalue weighted by Crippen LogP contribution is -2.07. The van der Waals surface area contributed by atoms with Crippen molar-refractivity contribution in [3.05, 3.63) is 112 Å². The first-order chi connectivity index (χ1) is 13.6. The molecule has 0 bridgehead atoms. The van der Waals surface area contributed by atoms with Crippen LogP contribution in [0.3, 0.4) is 0 Å². The molecule has 4 heteroatoms. The fourth-order valence-electron chi connectivity index (χ4n) is 2.48. The SMILES string of the molecule is O=C(/C=C/c1ccccc1)Nc1ccc(/C=C/C(=O)c2ccc(Br)cc2)cc1. The lowest BCUT2D eigenvalue weighted by atomic mass is 10.1. The molecule has 1 amide bonds. The van der Waals surface area contributed by atoms with Gasteiger partial charge in [0.15, 0.2) is 5.78 Å². The number of rotatable bonds is 6. The Labute approximate surface area is 172 Å². The van der Waals surface area contributed by atoms with Gasteiger partial charge in [0.2, 0.25) is 5.91 Å². The monoisotopic (exact) mass is 431 g/mol. The van der Waals surface area contributed by atoms with Gasteiger partial charge in [0.1, 0.15) is 0 Å². The Kier molecular flexibility index (Phi) is 6.71. The van der Waals surface area contributed by atoms with Crippen LogP contribution in [0.2, 0.25) is 0 Å². The van der Waals surface area contributed by atoms with Crippen LogP contribution in [-0.2, 0) is 4.79 Å². The largest absolute Gasteiger partial charge is 0.323 e. The number of halogens is 1. The highest BCUT2D eigenvalue weighted by Gasteiger charge is 2.01. The van der Waals surface area contributed by atoms with Gasteiger partial charge in [0.05, 0.1) is 0 Å². The van der Waals surface area contributed by atoms with Crippen LogP contribution in [0.4, 0.5) is 5.69 Å². The molecule has 28 heavy (non-hydrogen) atoms. The summed E-state index contributed by atoms with van der Waals surface area (Å²) in [5.74, 6) is -0.256. The van der Waals surface area contributed by atoms with Gasteiger partial charge >= 0.3 is 0 Å². The average molecular weight is 432 g/mol. The summed E-state index contributed by atoms with van der Waals surface area (Å²) in [7, 11) is 0. The number of carbonyl (C=O) groups excluding carboxylic acids is 2. The molecule has 0 unspecified atom stereocenters. The number of benzene rings is 3. The number of carbonyl (C=O) groups is 2. The fourth-order valence-corrected chi connectivity index (χ4v) is 2.74. The molecule has 0 aliphatic rings. The van der Waals surface area contributed by atoms with E-state index >= 15 is 0 Å². The van der Waals surface area contributed by atoms with Crippen molar-refractivity contribution in [2.24, 2.45) is 0 Å². The molecule has 3 nitrogen and oxygen atoms in total. The van der Waals surface area contributed by atoms with E-state index in [0.29, 0.717) is 11.3 Å². The Morgan fingerprint density at radius 2 is 1.32 bits per heavy atom. The van der Waals surface area contributed by atoms with Gasteiger partial charge in [-0.15, -0.1) is 0 Å². The van der Waals surface area contributed by atoms with Crippen LogP contribution in [0.25, 0.3) is 12.2 Å². The van der Waals surface area contributed by atoms with E-state index in [4.69, 9.17) is 0 Å². The fraction of sp³-hybridized carbons (Fsp3) is 0. The number of anilines is 1. The van der Waals surface area contributed by atoms with E-state index in [9.17, 15) is 9.59 Å². The summed E-state index contributed by atoms with van der Waals surface area (Å²) >= 11 is 3.35. The highest BCUT2D eigenvalue weighted by molar-refractivity contribution is 9.10. The van der Waals surface area contributed by atoms with Gasteiger partial charge in [-0.2, -0.15) is 0 Å². The molecule has 0 aliphatic heterocycles. The molecule has 3 aromatic carbocycles. The summed E-state index contributed by atoms with van der Waals surface area (Å²) in [5.41, 5.74) is 3.17. The second-order valence-corrected chi connectivity index (χ2v) is 6.98. The number of allylic oxidation sites excluding steroid dienone is 1. The van der Waals surface area contributed by atoms with Crippen LogP contribution >= 0.6 is 15.9 Å². The quantitative estimate of drug-likeness (QED) is 0.384. The maximum Gasteiger partial charge on any atom is 0.248 e. The third kappa shape index (κ3) is 5.89. The molecule has 3 aromatic rings. The summed E-state index contributed by atoms with van der Waals surface area (Å²) in [6.07, 6.45) is 6.56. The van der Waals surface area contributed by atoms with E-state index in [1.807, 2.05) is 54.6 Å². The van der Waals surface area contributed by atoms with E-state index in [1.54, 1.807) is 42.5 Å². The highest BCUT2D eigenvalue weighted by Crippen LogP contribution is 2.14. The summed E-state index contributed by atoms with van der Waals surface area (Å²) in [6.45, 7) is 0. The molecule has 0 fully saturated rings. The Balaban J connectivity index is 1.57. The topological polar surface area (TPSA) is 46.2 Å². The normalized spacial score (nSPS) is 11.0. The van der Waals surface area contributed by atoms with Crippen LogP contribution < -0.4 is 5.32 Å². The van der Waals surface area contributed by atoms with E-state index in [2.05, 4.69) is 21.2 Å². The summed E-state index contributed by atoms with van der Waals surface area (Å²) in [6, 6.07) is 24.2. The van der Waals surface area contributed by atoms with Crippen LogP contribution in [-0.4, -0.2) is 11.7 Å². The minimum absolute atomic E-state index is 0.0593. The molecule has 1 N–H and O–H groups in total. The molecule has 3 rings (SSSR count). The minimum atomic E-state index is -0.197. The van der Waals surface area contributed by atoms with E-state index < -0.39 is 0 Å². The number of hydrogen-bond donors (Lipinski definition) is 1. The van der Waals surface area contributed by atoms with Crippen LogP contribution in [0, 0.1) is 0 Å². The van der Waals surface area contributed by atoms with Gasteiger partial charge in [0, 0.05) is 21.8 Å². The van der Waals surface area contributed by atoms with Gasteiger partial charge in [-0.05, 0) is 59.7 Å². The van der Waals surface area contributed by atoms with Crippen molar-refractivity contribution in [1.29, 1.82) is 0 Å². The van der Waals surface area contributed by atoms with E-state index in [1.165, 1.54) is 6.08 Å². The van der Waals surface area contributed by atoms with Crippen molar-refractivity contribution in [2.75, 3.05) is 5.32 Å². The second kappa shape index (κ2) is 9.62. The minimum Gasteiger partial charge on any atom is -0.323 e. The first kappa shape index (κ1) is 19.5. The molecule has 138 valence electrons. The number of ketones is 1. The Morgan fingerprint density at radius 3 is 2.00 bits per heavy atom. The number of hydrogen-bond acceptors (Lipinski definition) is 2. The van der Waals surface area contributed by atoms with Crippen LogP contribution in [0.15, 0.2) is 95.5 Å². The Bertz CT molecular complexity index is 1000. The number of nitrogens with one attached hydrogen (secondary N) is 1. The van der Waals surface area contributed by atoms with Crippen molar-refractivity contribution >= 4 is 45.5 Å². The third-order valence-electron chi connectivity index (χ3n) is 3.96. The van der Waals surface area contributed by atoms with Crippen molar-refractivity contribution in [3.8, 4) is 0 Å². The third-order valence-corrected chi connectivity index (χ3v) is 4.49. The zero-order valence-corrected chi connectivity index (χ0v) is 16.6. The van der Waals surface area contributed by atoms with E-state index in [-0.39, 0.29) is 11.7 Å². The van der Waals surface area contributed by atoms with Gasteiger partial charge in [-0.25, -0.2) is 0 Å². The lowest BCUT2D eigenvalue weighted by molar-refractivity contribution is -0.111. The predicted octanol–water partition coefficient (Wildman–Crippen LogP) is 6.00. The zero-order chi connectivity index (χ0) is 19.8. The molecule has 0 saturated heterocycles. The van der Waals surface area contributed by atoms with Crippen molar-refractivity contribution < 1.29 is 9.59 Å². The Morgan fingerprint density at radius 1 is 0.714 bits per heavy atom. The maximum absolute atomic E-state index is 12.2. The molecule has 0 saturated carbocycles. The molecular weight excluding hydrogens is 414 g/mol. The van der Waals surface area contributed by atoms with Crippen molar-refractivity contribution in [3.63, 3.8) is 0 Å². The molecule has 0 atom stereocenters. The molecule has 0 aromatic heterocycles. The van der Waals surface area contributed by atoms with Gasteiger partial charge in [-0.3, -0.25) is 9.59 Å². The maximum atomic E-state index is 12.2. The second-order valence-electron chi connectivity index (χ2n) is 6.06. The molecule has 0 radical (unpaired) electrons. The van der Waals surface area contributed by atoms with Crippen molar-refractivity contribution in [1.82, 2.24) is 0 Å². The first-order valence-electron chi connectivity index (χ1n) is 8.72. The van der Waals surface area contributed by atoms with Crippen LogP contribution in [0.5, 0.6) is 0 Å². The average Bonchev–Trinajstić information content (AvgIpc) is 2.73. The Hall–Kier alpha value is -3.24. The standard InChI is InChI=1S/C24H18BrNO2/c25-21-12-10-20(11-13-21)23(27)16-8-19-6-14-22(15-7-19)26-24(28)17-9-18-4-2-1-3-5-18/h1-17H,(H,26,28)/b16-8+,17-9+. The summed E-state index contributed by atoms with van der Waals surface area (Å²) in [4.78, 5) is 24.2. The molecule has 0 aliphatic carbocycles. The van der Waals surface area contributed by atoms with Crippen LogP contribution in [0.1, 0.15) is 21.5 Å². The van der Waals surface area contributed by atoms with Gasteiger partial charge < -0.3 is 5.32 Å². The smallest absolute Gasteiger partial charge is 0.248 e. The summed E-state index contributed by atoms with van der Waals surface area (Å²) < 4.78 is 0.935. The first-order valence-corrected chi connectivity index (χ1v) is 9.52. The molecular formula is C24H18BrNO2. The lowest BCUT2D eigenvalue weighted by Gasteiger charge is -2.02. The van der Waals surface area contributed by atoms with Gasteiger partial charge in [0.25, 0.3) is 0 Å². The van der Waals surface area contributed by atoms with Gasteiger partial charge in [-0.1, -0.05) is 64.5 Å². The van der Waals surface area contributed by atoms with Crippen molar-refractivity contribution in [2.45, 2.75) is 0 Å². The summed E-state index contributed by atoms with van der Waals surface area (Å²) in [5, 5.41) is 2.81. The highest BCUT2D eigenvalue weighted by atomic mass is 79.9. The predicted molar refractivity (Wildman–Crippen MR) is 118 cm³/mol. The molecule has 0 spiro atoms. The zero-order valence-electron chi connectivity index (χ0n) is 15.0. The van der Waals surface area contributed by atoms with E-state index in [0.717, 1.165) is 15.6 Å². The molecule has 0 heterocycles. The number of amides is 1.